The minimum absolute atomic E-state index is 0.0290. The first-order valence-corrected chi connectivity index (χ1v) is 5.82. The van der Waals surface area contributed by atoms with Crippen molar-refractivity contribution in [3.8, 4) is 0 Å². The number of amides is 1. The summed E-state index contributed by atoms with van der Waals surface area (Å²) in [7, 11) is 1.24. The van der Waals surface area contributed by atoms with E-state index in [0.717, 1.165) is 13.1 Å². The van der Waals surface area contributed by atoms with E-state index in [1.54, 1.807) is 0 Å². The summed E-state index contributed by atoms with van der Waals surface area (Å²) in [6.07, 6.45) is 0.324. The van der Waals surface area contributed by atoms with Gasteiger partial charge >= 0.3 is 11.9 Å². The fraction of sp³-hybridized carbons (Fsp3) is 0.727. The highest BCUT2D eigenvalue weighted by atomic mass is 16.5. The number of rotatable bonds is 7. The van der Waals surface area contributed by atoms with Crippen molar-refractivity contribution in [1.82, 2.24) is 10.6 Å². The average Bonchev–Trinajstić information content (AvgIpc) is 2.28. The highest BCUT2D eigenvalue weighted by Gasteiger charge is 2.25. The van der Waals surface area contributed by atoms with Gasteiger partial charge in [-0.15, -0.1) is 0 Å². The molecule has 1 amide bonds. The number of esters is 1. The minimum Gasteiger partial charge on any atom is -0.480 e. The SMILES string of the molecule is COC(=O)CC[C@@H](NC(=O)CC1CNC1)C(=O)O. The molecule has 0 spiro atoms. The molecule has 0 aromatic carbocycles. The topological polar surface area (TPSA) is 105 Å². The molecule has 3 N–H and O–H groups in total. The Morgan fingerprint density at radius 2 is 2.11 bits per heavy atom. The van der Waals surface area contributed by atoms with Crippen LogP contribution in [0.15, 0.2) is 0 Å². The van der Waals surface area contributed by atoms with E-state index >= 15 is 0 Å². The Bertz CT molecular complexity index is 327. The predicted octanol–water partition coefficient (Wildman–Crippen LogP) is -0.881. The Hall–Kier alpha value is -1.63. The lowest BCUT2D eigenvalue weighted by Crippen LogP contribution is -2.47. The third kappa shape index (κ3) is 4.70. The lowest BCUT2D eigenvalue weighted by molar-refractivity contribution is -0.144. The summed E-state index contributed by atoms with van der Waals surface area (Å²) in [4.78, 5) is 33.4. The molecule has 0 unspecified atom stereocenters. The van der Waals surface area contributed by atoms with Crippen LogP contribution in [0, 0.1) is 5.92 Å². The van der Waals surface area contributed by atoms with Gasteiger partial charge < -0.3 is 20.5 Å². The van der Waals surface area contributed by atoms with Crippen LogP contribution in [0.4, 0.5) is 0 Å². The van der Waals surface area contributed by atoms with Gasteiger partial charge in [-0.05, 0) is 25.4 Å². The van der Waals surface area contributed by atoms with E-state index < -0.39 is 18.0 Å². The number of carbonyl (C=O) groups is 3. The molecule has 1 aliphatic rings. The Morgan fingerprint density at radius 1 is 1.44 bits per heavy atom. The van der Waals surface area contributed by atoms with Crippen LogP contribution >= 0.6 is 0 Å². The molecule has 0 aliphatic carbocycles. The summed E-state index contributed by atoms with van der Waals surface area (Å²) in [6, 6.07) is -1.04. The van der Waals surface area contributed by atoms with Gasteiger partial charge in [-0.3, -0.25) is 9.59 Å². The second-order valence-corrected chi connectivity index (χ2v) is 4.30. The zero-order chi connectivity index (χ0) is 13.5. The van der Waals surface area contributed by atoms with Gasteiger partial charge in [0.2, 0.25) is 5.91 Å². The zero-order valence-corrected chi connectivity index (χ0v) is 10.3. The molecule has 18 heavy (non-hydrogen) atoms. The molecule has 0 aromatic rings. The largest absolute Gasteiger partial charge is 0.480 e. The number of aliphatic carboxylic acids is 1. The third-order valence-corrected chi connectivity index (χ3v) is 2.84. The fourth-order valence-electron chi connectivity index (χ4n) is 1.63. The lowest BCUT2D eigenvalue weighted by Gasteiger charge is -2.26. The van der Waals surface area contributed by atoms with E-state index in [9.17, 15) is 14.4 Å². The van der Waals surface area contributed by atoms with Crippen molar-refractivity contribution >= 4 is 17.8 Å². The molecule has 1 atom stereocenters. The number of methoxy groups -OCH3 is 1. The average molecular weight is 258 g/mol. The number of hydrogen-bond acceptors (Lipinski definition) is 5. The van der Waals surface area contributed by atoms with Gasteiger partial charge in [-0.25, -0.2) is 4.79 Å². The first-order chi connectivity index (χ1) is 8.52. The predicted molar refractivity (Wildman–Crippen MR) is 61.8 cm³/mol. The summed E-state index contributed by atoms with van der Waals surface area (Å²) in [5.74, 6) is -1.64. The fourth-order valence-corrected chi connectivity index (χ4v) is 1.63. The second kappa shape index (κ2) is 6.95. The number of hydrogen-bond donors (Lipinski definition) is 3. The monoisotopic (exact) mass is 258 g/mol. The highest BCUT2D eigenvalue weighted by Crippen LogP contribution is 2.08. The second-order valence-electron chi connectivity index (χ2n) is 4.30. The standard InChI is InChI=1S/C11H18N2O5/c1-18-10(15)3-2-8(11(16)17)13-9(14)4-7-5-12-6-7/h7-8,12H,2-6H2,1H3,(H,13,14)(H,16,17)/t8-/m1/s1. The van der Waals surface area contributed by atoms with Crippen LogP contribution in [0.3, 0.4) is 0 Å². The molecule has 1 heterocycles. The van der Waals surface area contributed by atoms with Gasteiger partial charge in [-0.1, -0.05) is 0 Å². The smallest absolute Gasteiger partial charge is 0.326 e. The Labute approximate surface area is 105 Å². The molecular weight excluding hydrogens is 240 g/mol. The maximum Gasteiger partial charge on any atom is 0.326 e. The molecular formula is C11H18N2O5. The van der Waals surface area contributed by atoms with Gasteiger partial charge in [0, 0.05) is 12.8 Å². The van der Waals surface area contributed by atoms with Crippen molar-refractivity contribution < 1.29 is 24.2 Å². The van der Waals surface area contributed by atoms with Crippen LogP contribution < -0.4 is 10.6 Å². The van der Waals surface area contributed by atoms with E-state index in [4.69, 9.17) is 5.11 Å². The quantitative estimate of drug-likeness (QED) is 0.512. The lowest BCUT2D eigenvalue weighted by atomic mass is 9.98. The number of ether oxygens (including phenoxy) is 1. The molecule has 1 rings (SSSR count). The summed E-state index contributed by atoms with van der Waals surface area (Å²) in [6.45, 7) is 1.57. The number of carbonyl (C=O) groups excluding carboxylic acids is 2. The molecule has 102 valence electrons. The van der Waals surface area contributed by atoms with Crippen molar-refractivity contribution in [3.63, 3.8) is 0 Å². The molecule has 0 aromatic heterocycles. The van der Waals surface area contributed by atoms with Crippen molar-refractivity contribution in [2.75, 3.05) is 20.2 Å². The molecule has 0 radical (unpaired) electrons. The number of nitrogens with one attached hydrogen (secondary N) is 2. The molecule has 1 aliphatic heterocycles. The van der Waals surface area contributed by atoms with Crippen molar-refractivity contribution in [3.05, 3.63) is 0 Å². The molecule has 0 bridgehead atoms. The first-order valence-electron chi connectivity index (χ1n) is 5.82. The van der Waals surface area contributed by atoms with E-state index in [1.807, 2.05) is 0 Å². The Kier molecular flexibility index (Phi) is 5.57. The van der Waals surface area contributed by atoms with Crippen LogP contribution in [0.1, 0.15) is 19.3 Å². The normalized spacial score (nSPS) is 16.5. The van der Waals surface area contributed by atoms with E-state index in [2.05, 4.69) is 15.4 Å². The number of carboxylic acids is 1. The summed E-state index contributed by atoms with van der Waals surface area (Å²) < 4.78 is 4.42. The highest BCUT2D eigenvalue weighted by molar-refractivity contribution is 5.84. The maximum atomic E-state index is 11.6. The summed E-state index contributed by atoms with van der Waals surface area (Å²) in [5.41, 5.74) is 0. The maximum absolute atomic E-state index is 11.6. The van der Waals surface area contributed by atoms with Gasteiger partial charge in [0.15, 0.2) is 0 Å². The van der Waals surface area contributed by atoms with E-state index in [0.29, 0.717) is 6.42 Å². The zero-order valence-electron chi connectivity index (χ0n) is 10.3. The van der Waals surface area contributed by atoms with E-state index in [1.165, 1.54) is 7.11 Å². The van der Waals surface area contributed by atoms with Gasteiger partial charge in [-0.2, -0.15) is 0 Å². The van der Waals surface area contributed by atoms with E-state index in [-0.39, 0.29) is 24.7 Å². The summed E-state index contributed by atoms with van der Waals surface area (Å²) >= 11 is 0. The van der Waals surface area contributed by atoms with Crippen LogP contribution in [-0.2, 0) is 19.1 Å². The Morgan fingerprint density at radius 3 is 2.56 bits per heavy atom. The van der Waals surface area contributed by atoms with Crippen LogP contribution in [0.25, 0.3) is 0 Å². The minimum atomic E-state index is -1.14. The molecule has 0 saturated carbocycles. The van der Waals surface area contributed by atoms with Crippen LogP contribution in [0.5, 0.6) is 0 Å². The van der Waals surface area contributed by atoms with Crippen molar-refractivity contribution in [1.29, 1.82) is 0 Å². The molecule has 7 heteroatoms. The number of carboxylic acid groups (broad SMARTS) is 1. The van der Waals surface area contributed by atoms with Crippen LogP contribution in [-0.4, -0.2) is 49.2 Å². The van der Waals surface area contributed by atoms with Gasteiger partial charge in [0.1, 0.15) is 6.04 Å². The molecule has 1 saturated heterocycles. The van der Waals surface area contributed by atoms with Crippen LogP contribution in [0.2, 0.25) is 0 Å². The molecule has 7 nitrogen and oxygen atoms in total. The van der Waals surface area contributed by atoms with Crippen molar-refractivity contribution in [2.45, 2.75) is 25.3 Å². The van der Waals surface area contributed by atoms with Gasteiger partial charge in [0.25, 0.3) is 0 Å². The van der Waals surface area contributed by atoms with Crippen molar-refractivity contribution in [2.24, 2.45) is 5.92 Å². The molecule has 1 fully saturated rings. The first kappa shape index (κ1) is 14.4. The van der Waals surface area contributed by atoms with Gasteiger partial charge in [0.05, 0.1) is 7.11 Å². The third-order valence-electron chi connectivity index (χ3n) is 2.84. The summed E-state index contributed by atoms with van der Waals surface area (Å²) in [5, 5.41) is 14.4. The Balaban J connectivity index is 2.33.